The fourth-order valence-corrected chi connectivity index (χ4v) is 2.72. The van der Waals surface area contributed by atoms with Crippen LogP contribution in [0, 0.1) is 12.7 Å². The number of carbonyl (C=O) groups excluding carboxylic acids is 1. The van der Waals surface area contributed by atoms with Gasteiger partial charge >= 0.3 is 0 Å². The first kappa shape index (κ1) is 17.2. The Bertz CT molecular complexity index is 766. The molecule has 1 N–H and O–H groups in total. The first-order chi connectivity index (χ1) is 12.0. The number of hydrogen-bond acceptors (Lipinski definition) is 4. The van der Waals surface area contributed by atoms with Gasteiger partial charge in [0.05, 0.1) is 12.2 Å². The van der Waals surface area contributed by atoms with E-state index in [-0.39, 0.29) is 24.2 Å². The van der Waals surface area contributed by atoms with Gasteiger partial charge in [0, 0.05) is 6.54 Å². The van der Waals surface area contributed by atoms with E-state index in [0.29, 0.717) is 18.9 Å². The number of aryl methyl sites for hydroxylation is 1. The van der Waals surface area contributed by atoms with E-state index < -0.39 is 5.82 Å². The van der Waals surface area contributed by atoms with Crippen LogP contribution < -0.4 is 14.8 Å². The second-order valence-corrected chi connectivity index (χ2v) is 6.23. The summed E-state index contributed by atoms with van der Waals surface area (Å²) >= 11 is 0. The van der Waals surface area contributed by atoms with Crippen LogP contribution in [0.4, 0.5) is 10.1 Å². The van der Waals surface area contributed by atoms with Crippen LogP contribution in [-0.4, -0.2) is 43.7 Å². The van der Waals surface area contributed by atoms with Crippen LogP contribution in [-0.2, 0) is 4.79 Å². The number of carbonyl (C=O) groups is 1. The van der Waals surface area contributed by atoms with Crippen molar-refractivity contribution < 1.29 is 18.7 Å². The molecule has 1 aliphatic rings. The molecule has 0 saturated heterocycles. The average Bonchev–Trinajstić information content (AvgIpc) is 2.57. The van der Waals surface area contributed by atoms with Crippen molar-refractivity contribution in [2.24, 2.45) is 0 Å². The number of hydrogen-bond donors (Lipinski definition) is 1. The van der Waals surface area contributed by atoms with Gasteiger partial charge in [-0.15, -0.1) is 0 Å². The summed E-state index contributed by atoms with van der Waals surface area (Å²) in [6.07, 6.45) is -0.163. The lowest BCUT2D eigenvalue weighted by Crippen LogP contribution is -2.42. The predicted molar refractivity (Wildman–Crippen MR) is 93.6 cm³/mol. The normalized spacial score (nSPS) is 15.9. The smallest absolute Gasteiger partial charge is 0.238 e. The van der Waals surface area contributed by atoms with Crippen LogP contribution in [0.2, 0.25) is 0 Å². The first-order valence-corrected chi connectivity index (χ1v) is 8.14. The number of halogens is 1. The molecule has 1 atom stereocenters. The van der Waals surface area contributed by atoms with Crippen molar-refractivity contribution in [2.45, 2.75) is 13.0 Å². The van der Waals surface area contributed by atoms with Gasteiger partial charge < -0.3 is 14.8 Å². The molecule has 1 amide bonds. The number of amides is 1. The molecule has 1 unspecified atom stereocenters. The summed E-state index contributed by atoms with van der Waals surface area (Å²) in [6, 6.07) is 12.2. The van der Waals surface area contributed by atoms with Crippen molar-refractivity contribution in [1.29, 1.82) is 0 Å². The molecular formula is C19H21FN2O3. The van der Waals surface area contributed by atoms with Crippen LogP contribution in [0.25, 0.3) is 0 Å². The molecule has 0 fully saturated rings. The summed E-state index contributed by atoms with van der Waals surface area (Å²) < 4.78 is 25.3. The summed E-state index contributed by atoms with van der Waals surface area (Å²) in [5.74, 6) is 0.728. The zero-order valence-corrected chi connectivity index (χ0v) is 14.3. The fourth-order valence-electron chi connectivity index (χ4n) is 2.72. The molecule has 0 aliphatic carbocycles. The van der Waals surface area contributed by atoms with Crippen molar-refractivity contribution in [3.05, 3.63) is 53.8 Å². The molecule has 1 heterocycles. The van der Waals surface area contributed by atoms with Crippen molar-refractivity contribution in [2.75, 3.05) is 32.1 Å². The van der Waals surface area contributed by atoms with Gasteiger partial charge in [0.2, 0.25) is 5.91 Å². The molecule has 0 saturated carbocycles. The van der Waals surface area contributed by atoms with E-state index in [1.165, 1.54) is 6.07 Å². The molecule has 0 radical (unpaired) electrons. The Labute approximate surface area is 146 Å². The summed E-state index contributed by atoms with van der Waals surface area (Å²) in [5, 5.41) is 2.59. The fraction of sp³-hybridized carbons (Fsp3) is 0.316. The zero-order valence-electron chi connectivity index (χ0n) is 14.3. The third-order valence-corrected chi connectivity index (χ3v) is 3.90. The Morgan fingerprint density at radius 1 is 1.28 bits per heavy atom. The average molecular weight is 344 g/mol. The standard InChI is InChI=1S/C19H21FN2O3/c1-13-7-8-16(15(20)9-13)21-19(23)11-22(2)10-14-12-24-17-5-3-4-6-18(17)25-14/h3-9,14H,10-12H2,1-2H3,(H,21,23). The quantitative estimate of drug-likeness (QED) is 0.906. The van der Waals surface area contributed by atoms with Crippen LogP contribution in [0.15, 0.2) is 42.5 Å². The SMILES string of the molecule is Cc1ccc(NC(=O)CN(C)CC2COc3ccccc3O2)c(F)c1. The Hall–Kier alpha value is -2.60. The maximum absolute atomic E-state index is 13.8. The van der Waals surface area contributed by atoms with E-state index in [2.05, 4.69) is 5.32 Å². The van der Waals surface area contributed by atoms with Gasteiger partial charge in [0.15, 0.2) is 11.5 Å². The van der Waals surface area contributed by atoms with Crippen LogP contribution in [0.3, 0.4) is 0 Å². The second kappa shape index (κ2) is 7.53. The molecule has 0 bridgehead atoms. The summed E-state index contributed by atoms with van der Waals surface area (Å²) in [5.41, 5.74) is 0.998. The minimum Gasteiger partial charge on any atom is -0.486 e. The van der Waals surface area contributed by atoms with Gasteiger partial charge in [-0.3, -0.25) is 9.69 Å². The number of para-hydroxylation sites is 2. The largest absolute Gasteiger partial charge is 0.486 e. The highest BCUT2D eigenvalue weighted by Gasteiger charge is 2.22. The summed E-state index contributed by atoms with van der Waals surface area (Å²) in [7, 11) is 1.81. The first-order valence-electron chi connectivity index (χ1n) is 8.14. The van der Waals surface area contributed by atoms with E-state index >= 15 is 0 Å². The summed E-state index contributed by atoms with van der Waals surface area (Å²) in [4.78, 5) is 13.9. The van der Waals surface area contributed by atoms with Crippen molar-refractivity contribution in [3.63, 3.8) is 0 Å². The van der Waals surface area contributed by atoms with Crippen LogP contribution in [0.5, 0.6) is 11.5 Å². The molecular weight excluding hydrogens is 323 g/mol. The molecule has 3 rings (SSSR count). The van der Waals surface area contributed by atoms with Gasteiger partial charge in [0.1, 0.15) is 18.5 Å². The molecule has 5 nitrogen and oxygen atoms in total. The highest BCUT2D eigenvalue weighted by atomic mass is 19.1. The molecule has 132 valence electrons. The second-order valence-electron chi connectivity index (χ2n) is 6.23. The number of nitrogens with zero attached hydrogens (tertiary/aromatic N) is 1. The van der Waals surface area contributed by atoms with Gasteiger partial charge in [0.25, 0.3) is 0 Å². The van der Waals surface area contributed by atoms with E-state index in [4.69, 9.17) is 9.47 Å². The van der Waals surface area contributed by atoms with Crippen LogP contribution >= 0.6 is 0 Å². The number of benzene rings is 2. The van der Waals surface area contributed by atoms with Crippen molar-refractivity contribution in [3.8, 4) is 11.5 Å². The van der Waals surface area contributed by atoms with E-state index in [1.54, 1.807) is 19.1 Å². The molecule has 0 spiro atoms. The predicted octanol–water partition coefficient (Wildman–Crippen LogP) is 2.84. The number of nitrogens with one attached hydrogen (secondary N) is 1. The lowest BCUT2D eigenvalue weighted by Gasteiger charge is -2.29. The minimum atomic E-state index is -0.434. The Balaban J connectivity index is 1.51. The lowest BCUT2D eigenvalue weighted by molar-refractivity contribution is -0.117. The maximum atomic E-state index is 13.8. The van der Waals surface area contributed by atoms with Gasteiger partial charge in [-0.2, -0.15) is 0 Å². The maximum Gasteiger partial charge on any atom is 0.238 e. The van der Waals surface area contributed by atoms with E-state index in [0.717, 1.165) is 11.3 Å². The molecule has 0 aromatic heterocycles. The summed E-state index contributed by atoms with van der Waals surface area (Å²) in [6.45, 7) is 2.88. The molecule has 25 heavy (non-hydrogen) atoms. The Kier molecular flexibility index (Phi) is 5.19. The topological polar surface area (TPSA) is 50.8 Å². The minimum absolute atomic E-state index is 0.134. The lowest BCUT2D eigenvalue weighted by atomic mass is 10.2. The highest BCUT2D eigenvalue weighted by Crippen LogP contribution is 2.30. The van der Waals surface area contributed by atoms with E-state index in [1.807, 2.05) is 36.2 Å². The Morgan fingerprint density at radius 3 is 2.80 bits per heavy atom. The monoisotopic (exact) mass is 344 g/mol. The molecule has 6 heteroatoms. The number of rotatable bonds is 5. The zero-order chi connectivity index (χ0) is 17.8. The van der Waals surface area contributed by atoms with Gasteiger partial charge in [-0.05, 0) is 43.8 Å². The van der Waals surface area contributed by atoms with Crippen molar-refractivity contribution >= 4 is 11.6 Å². The van der Waals surface area contributed by atoms with E-state index in [9.17, 15) is 9.18 Å². The third-order valence-electron chi connectivity index (χ3n) is 3.90. The number of anilines is 1. The number of ether oxygens (including phenoxy) is 2. The number of likely N-dealkylation sites (N-methyl/N-ethyl adjacent to an activating group) is 1. The highest BCUT2D eigenvalue weighted by molar-refractivity contribution is 5.92. The third kappa shape index (κ3) is 4.48. The Morgan fingerprint density at radius 2 is 2.04 bits per heavy atom. The molecule has 2 aromatic carbocycles. The number of fused-ring (bicyclic) bond motifs is 1. The molecule has 1 aliphatic heterocycles. The molecule has 2 aromatic rings. The van der Waals surface area contributed by atoms with Gasteiger partial charge in [-0.1, -0.05) is 18.2 Å². The van der Waals surface area contributed by atoms with Gasteiger partial charge in [-0.25, -0.2) is 4.39 Å². The van der Waals surface area contributed by atoms with Crippen molar-refractivity contribution in [1.82, 2.24) is 4.90 Å². The van der Waals surface area contributed by atoms with Crippen LogP contribution in [0.1, 0.15) is 5.56 Å².